The molecule has 10 nitrogen and oxygen atoms in total. The molecule has 2 aromatic carbocycles. The maximum absolute atomic E-state index is 13.1. The second-order valence-electron chi connectivity index (χ2n) is 7.30. The lowest BCUT2D eigenvalue weighted by Crippen LogP contribution is -2.40. The van der Waals surface area contributed by atoms with Crippen LogP contribution >= 0.6 is 23.2 Å². The van der Waals surface area contributed by atoms with Crippen LogP contribution in [-0.4, -0.2) is 73.3 Å². The first-order chi connectivity index (χ1) is 15.9. The summed E-state index contributed by atoms with van der Waals surface area (Å²) < 4.78 is 63.5. The molecule has 2 aromatic rings. The maximum Gasteiger partial charge on any atom is 0.246 e. The first-order valence-corrected chi connectivity index (χ1v) is 14.0. The minimum Gasteiger partial charge on any atom is -0.495 e. The van der Waals surface area contributed by atoms with Crippen LogP contribution in [0.5, 0.6) is 5.75 Å². The van der Waals surface area contributed by atoms with Crippen LogP contribution < -0.4 is 14.4 Å². The van der Waals surface area contributed by atoms with Crippen molar-refractivity contribution in [3.63, 3.8) is 0 Å². The van der Waals surface area contributed by atoms with E-state index in [9.17, 15) is 21.6 Å². The summed E-state index contributed by atoms with van der Waals surface area (Å²) >= 11 is 12.0. The highest BCUT2D eigenvalue weighted by Crippen LogP contribution is 2.32. The number of ether oxygens (including phenoxy) is 2. The van der Waals surface area contributed by atoms with Gasteiger partial charge in [0.25, 0.3) is 0 Å². The smallest absolute Gasteiger partial charge is 0.246 e. The third-order valence-corrected chi connectivity index (χ3v) is 8.49. The van der Waals surface area contributed by atoms with E-state index in [0.29, 0.717) is 5.02 Å². The minimum atomic E-state index is -3.92. The molecule has 14 heteroatoms. The number of carbonyl (C=O) groups excluding carboxylic acids is 1. The largest absolute Gasteiger partial charge is 0.495 e. The molecule has 34 heavy (non-hydrogen) atoms. The average molecular weight is 552 g/mol. The summed E-state index contributed by atoms with van der Waals surface area (Å²) in [5.74, 6) is -0.605. The number of amides is 1. The van der Waals surface area contributed by atoms with Crippen LogP contribution in [0.25, 0.3) is 0 Å². The monoisotopic (exact) mass is 551 g/mol. The molecule has 0 aliphatic carbocycles. The number of carbonyl (C=O) groups is 1. The molecule has 0 aromatic heterocycles. The molecule has 1 fully saturated rings. The van der Waals surface area contributed by atoms with Gasteiger partial charge in [-0.2, -0.15) is 4.31 Å². The summed E-state index contributed by atoms with van der Waals surface area (Å²) in [5, 5.41) is 2.89. The summed E-state index contributed by atoms with van der Waals surface area (Å²) in [6.45, 7) is 0.317. The van der Waals surface area contributed by atoms with Gasteiger partial charge in [0.2, 0.25) is 26.0 Å². The predicted octanol–water partition coefficient (Wildman–Crippen LogP) is 2.43. The van der Waals surface area contributed by atoms with Gasteiger partial charge in [-0.3, -0.25) is 9.10 Å². The van der Waals surface area contributed by atoms with Crippen LogP contribution in [0, 0.1) is 0 Å². The third kappa shape index (κ3) is 6.12. The summed E-state index contributed by atoms with van der Waals surface area (Å²) in [6.07, 6.45) is 0.936. The fraction of sp³-hybridized carbons (Fsp3) is 0.350. The fourth-order valence-electron chi connectivity index (χ4n) is 3.28. The Hall–Kier alpha value is -2.09. The highest BCUT2D eigenvalue weighted by Gasteiger charge is 2.30. The second kappa shape index (κ2) is 10.7. The van der Waals surface area contributed by atoms with Crippen molar-refractivity contribution in [2.75, 3.05) is 55.8 Å². The van der Waals surface area contributed by atoms with Gasteiger partial charge in [0.15, 0.2) is 0 Å². The number of rotatable bonds is 8. The lowest BCUT2D eigenvalue weighted by Gasteiger charge is -2.27. The lowest BCUT2D eigenvalue weighted by atomic mass is 10.3. The Kier molecular flexibility index (Phi) is 8.32. The Balaban J connectivity index is 1.87. The number of sulfonamides is 2. The van der Waals surface area contributed by atoms with Gasteiger partial charge >= 0.3 is 0 Å². The van der Waals surface area contributed by atoms with E-state index in [2.05, 4.69) is 5.32 Å². The first-order valence-electron chi connectivity index (χ1n) is 9.92. The normalized spacial score (nSPS) is 15.1. The molecule has 0 unspecified atom stereocenters. The van der Waals surface area contributed by atoms with Crippen LogP contribution in [0.1, 0.15) is 0 Å². The number of morpholine rings is 1. The Morgan fingerprint density at radius 3 is 2.38 bits per heavy atom. The van der Waals surface area contributed by atoms with Crippen molar-refractivity contribution >= 4 is 60.5 Å². The van der Waals surface area contributed by atoms with Gasteiger partial charge < -0.3 is 14.8 Å². The molecule has 1 amide bonds. The number of halogens is 2. The van der Waals surface area contributed by atoms with Gasteiger partial charge in [-0.15, -0.1) is 0 Å². The van der Waals surface area contributed by atoms with E-state index in [1.54, 1.807) is 0 Å². The maximum atomic E-state index is 13.1. The molecule has 3 rings (SSSR count). The summed E-state index contributed by atoms with van der Waals surface area (Å²) in [5.41, 5.74) is 0.224. The molecule has 0 bridgehead atoms. The van der Waals surface area contributed by atoms with Crippen molar-refractivity contribution in [3.05, 3.63) is 46.4 Å². The highest BCUT2D eigenvalue weighted by molar-refractivity contribution is 7.92. The van der Waals surface area contributed by atoms with E-state index in [-0.39, 0.29) is 53.3 Å². The van der Waals surface area contributed by atoms with Crippen LogP contribution in [0.4, 0.5) is 11.4 Å². The molecule has 1 saturated heterocycles. The first kappa shape index (κ1) is 26.5. The van der Waals surface area contributed by atoms with Gasteiger partial charge in [-0.25, -0.2) is 16.8 Å². The molecule has 1 aliphatic heterocycles. The Morgan fingerprint density at radius 2 is 1.79 bits per heavy atom. The standard InChI is InChI=1S/C20H23Cl2N3O7S2/c1-31-18-6-4-15(12-19(18)34(29,30)24-7-9-32-10-8-24)23-20(26)13-25(33(2,27)28)17-5-3-14(21)11-16(17)22/h3-6,11-12H,7-10,13H2,1-2H3,(H,23,26). The van der Waals surface area contributed by atoms with Gasteiger partial charge in [-0.05, 0) is 36.4 Å². The lowest BCUT2D eigenvalue weighted by molar-refractivity contribution is -0.114. The molecule has 0 spiro atoms. The van der Waals surface area contributed by atoms with Gasteiger partial charge in [0.1, 0.15) is 17.2 Å². The number of methoxy groups -OCH3 is 1. The fourth-order valence-corrected chi connectivity index (χ4v) is 6.30. The van der Waals surface area contributed by atoms with Crippen molar-refractivity contribution in [1.82, 2.24) is 4.31 Å². The SMILES string of the molecule is COc1ccc(NC(=O)CN(c2ccc(Cl)cc2Cl)S(C)(=O)=O)cc1S(=O)(=O)N1CCOCC1. The number of nitrogens with zero attached hydrogens (tertiary/aromatic N) is 2. The highest BCUT2D eigenvalue weighted by atomic mass is 35.5. The number of benzene rings is 2. The number of hydrogen-bond acceptors (Lipinski definition) is 7. The van der Waals surface area contributed by atoms with Crippen LogP contribution in [0.2, 0.25) is 10.0 Å². The molecule has 1 heterocycles. The van der Waals surface area contributed by atoms with Crippen molar-refractivity contribution < 1.29 is 31.1 Å². The summed E-state index contributed by atoms with van der Waals surface area (Å²) in [7, 11) is -6.47. The summed E-state index contributed by atoms with van der Waals surface area (Å²) in [4.78, 5) is 12.6. The molecule has 0 atom stereocenters. The van der Waals surface area contributed by atoms with Crippen LogP contribution in [0.3, 0.4) is 0 Å². The predicted molar refractivity (Wildman–Crippen MR) is 130 cm³/mol. The zero-order chi connectivity index (χ0) is 25.1. The molecular formula is C20H23Cl2N3O7S2. The van der Waals surface area contributed by atoms with E-state index in [1.165, 1.54) is 47.8 Å². The van der Waals surface area contributed by atoms with Crippen LogP contribution in [0.15, 0.2) is 41.3 Å². The van der Waals surface area contributed by atoms with Crippen LogP contribution in [-0.2, 0) is 29.6 Å². The molecule has 0 saturated carbocycles. The Morgan fingerprint density at radius 1 is 1.12 bits per heavy atom. The molecule has 186 valence electrons. The van der Waals surface area contributed by atoms with E-state index in [0.717, 1.165) is 10.6 Å². The van der Waals surface area contributed by atoms with E-state index >= 15 is 0 Å². The Bertz CT molecular complexity index is 1280. The summed E-state index contributed by atoms with van der Waals surface area (Å²) in [6, 6.07) is 8.33. The average Bonchev–Trinajstić information content (AvgIpc) is 2.78. The number of anilines is 2. The molecule has 1 N–H and O–H groups in total. The number of hydrogen-bond donors (Lipinski definition) is 1. The molecular weight excluding hydrogens is 529 g/mol. The zero-order valence-corrected chi connectivity index (χ0v) is 21.5. The van der Waals surface area contributed by atoms with Crippen molar-refractivity contribution in [1.29, 1.82) is 0 Å². The third-order valence-electron chi connectivity index (χ3n) is 4.90. The Labute approximate surface area is 208 Å². The zero-order valence-electron chi connectivity index (χ0n) is 18.3. The van der Waals surface area contributed by atoms with Gasteiger partial charge in [0.05, 0.1) is 37.3 Å². The quantitative estimate of drug-likeness (QED) is 0.534. The molecule has 0 radical (unpaired) electrons. The van der Waals surface area contributed by atoms with Crippen molar-refractivity contribution in [2.45, 2.75) is 4.90 Å². The van der Waals surface area contributed by atoms with Gasteiger partial charge in [0, 0.05) is 23.8 Å². The number of nitrogens with one attached hydrogen (secondary N) is 1. The van der Waals surface area contributed by atoms with E-state index < -0.39 is 32.5 Å². The second-order valence-corrected chi connectivity index (χ2v) is 12.0. The van der Waals surface area contributed by atoms with Gasteiger partial charge in [-0.1, -0.05) is 23.2 Å². The molecule has 1 aliphatic rings. The van der Waals surface area contributed by atoms with Crippen molar-refractivity contribution in [2.24, 2.45) is 0 Å². The topological polar surface area (TPSA) is 122 Å². The van der Waals surface area contributed by atoms with E-state index in [1.807, 2.05) is 0 Å². The van der Waals surface area contributed by atoms with E-state index in [4.69, 9.17) is 32.7 Å². The van der Waals surface area contributed by atoms with Crippen molar-refractivity contribution in [3.8, 4) is 5.75 Å². The minimum absolute atomic E-state index is 0.0501.